The van der Waals surface area contributed by atoms with E-state index < -0.39 is 23.8 Å². The Morgan fingerprint density at radius 2 is 1.90 bits per heavy atom. The van der Waals surface area contributed by atoms with Gasteiger partial charge in [0.05, 0.1) is 5.92 Å². The van der Waals surface area contributed by atoms with Crippen molar-refractivity contribution in [2.45, 2.75) is 19.9 Å². The second-order valence-electron chi connectivity index (χ2n) is 4.79. The molecule has 2 aromatic rings. The third-order valence-electron chi connectivity index (χ3n) is 3.26. The Kier molecular flexibility index (Phi) is 4.37. The van der Waals surface area contributed by atoms with Crippen LogP contribution in [0.1, 0.15) is 24.3 Å². The van der Waals surface area contributed by atoms with Crippen LogP contribution in [0.2, 0.25) is 0 Å². The van der Waals surface area contributed by atoms with Crippen LogP contribution in [0.4, 0.5) is 0 Å². The highest BCUT2D eigenvalue weighted by molar-refractivity contribution is 5.92. The average Bonchev–Trinajstić information content (AvgIpc) is 2.97. The Balaban J connectivity index is 2.08. The maximum absolute atomic E-state index is 12.0. The molecule has 0 saturated heterocycles. The molecule has 2 N–H and O–H groups in total. The second-order valence-corrected chi connectivity index (χ2v) is 4.79. The first-order chi connectivity index (χ1) is 9.99. The topological polar surface area (TPSA) is 92.4 Å². The predicted molar refractivity (Wildman–Crippen MR) is 75.7 cm³/mol. The van der Waals surface area contributed by atoms with E-state index >= 15 is 0 Å². The minimum Gasteiger partial charge on any atom is -0.481 e. The molecule has 6 nitrogen and oxygen atoms in total. The molecule has 2 unspecified atom stereocenters. The number of aromatic nitrogens is 1. The van der Waals surface area contributed by atoms with E-state index in [2.05, 4.69) is 10.3 Å². The van der Waals surface area contributed by atoms with Gasteiger partial charge in [0.1, 0.15) is 6.26 Å². The summed E-state index contributed by atoms with van der Waals surface area (Å²) in [6.45, 7) is 3.17. The van der Waals surface area contributed by atoms with E-state index in [0.29, 0.717) is 5.89 Å². The van der Waals surface area contributed by atoms with E-state index in [1.165, 1.54) is 13.2 Å². The summed E-state index contributed by atoms with van der Waals surface area (Å²) in [5.41, 5.74) is 0.891. The number of rotatable bonds is 5. The van der Waals surface area contributed by atoms with Crippen molar-refractivity contribution < 1.29 is 19.1 Å². The highest BCUT2D eigenvalue weighted by Crippen LogP contribution is 2.18. The second kappa shape index (κ2) is 6.21. The van der Waals surface area contributed by atoms with Gasteiger partial charge < -0.3 is 14.8 Å². The van der Waals surface area contributed by atoms with Crippen molar-refractivity contribution in [3.05, 3.63) is 42.3 Å². The van der Waals surface area contributed by atoms with E-state index in [0.717, 1.165) is 5.56 Å². The number of hydrogen-bond acceptors (Lipinski definition) is 4. The number of hydrogen-bond donors (Lipinski definition) is 2. The van der Waals surface area contributed by atoms with Crippen LogP contribution in [0.5, 0.6) is 0 Å². The summed E-state index contributed by atoms with van der Waals surface area (Å²) < 4.78 is 5.27. The molecule has 0 spiro atoms. The zero-order valence-corrected chi connectivity index (χ0v) is 11.7. The van der Waals surface area contributed by atoms with Crippen LogP contribution in [0.15, 0.2) is 41.0 Å². The van der Waals surface area contributed by atoms with E-state index in [-0.39, 0.29) is 5.69 Å². The van der Waals surface area contributed by atoms with Gasteiger partial charge in [-0.1, -0.05) is 18.2 Å². The molecular formula is C15H16N2O4. The Morgan fingerprint density at radius 1 is 1.24 bits per heavy atom. The van der Waals surface area contributed by atoms with Gasteiger partial charge in [-0.05, 0) is 26.0 Å². The first kappa shape index (κ1) is 14.8. The lowest BCUT2D eigenvalue weighted by Gasteiger charge is -2.16. The molecule has 0 radical (unpaired) electrons. The summed E-state index contributed by atoms with van der Waals surface area (Å²) in [7, 11) is 0. The summed E-state index contributed by atoms with van der Waals surface area (Å²) in [6, 6.07) is 8.69. The van der Waals surface area contributed by atoms with Gasteiger partial charge in [0.2, 0.25) is 5.89 Å². The van der Waals surface area contributed by atoms with E-state index in [4.69, 9.17) is 9.52 Å². The monoisotopic (exact) mass is 288 g/mol. The van der Waals surface area contributed by atoms with Crippen LogP contribution in [-0.2, 0) is 4.79 Å². The molecule has 1 aromatic carbocycles. The Labute approximate surface area is 121 Å². The quantitative estimate of drug-likeness (QED) is 0.879. The molecule has 2 atom stereocenters. The summed E-state index contributed by atoms with van der Waals surface area (Å²) in [5.74, 6) is -1.76. The standard InChI is InChI=1S/C15H16N2O4/c1-9(15(19)20)10(2)16-13(18)12-8-21-14(17-12)11-6-4-3-5-7-11/h3-10H,1-2H3,(H,16,18)(H,19,20). The number of oxazole rings is 1. The Hall–Kier alpha value is -2.63. The number of benzene rings is 1. The van der Waals surface area contributed by atoms with Gasteiger partial charge in [-0.25, -0.2) is 4.98 Å². The van der Waals surface area contributed by atoms with Crippen molar-refractivity contribution in [3.8, 4) is 11.5 Å². The molecule has 0 aliphatic carbocycles. The van der Waals surface area contributed by atoms with Gasteiger partial charge in [-0.3, -0.25) is 9.59 Å². The average molecular weight is 288 g/mol. The molecule has 0 aliphatic rings. The van der Waals surface area contributed by atoms with Gasteiger partial charge in [0.15, 0.2) is 5.69 Å². The van der Waals surface area contributed by atoms with Crippen molar-refractivity contribution >= 4 is 11.9 Å². The molecule has 6 heteroatoms. The van der Waals surface area contributed by atoms with Gasteiger partial charge in [-0.2, -0.15) is 0 Å². The van der Waals surface area contributed by atoms with Gasteiger partial charge in [-0.15, -0.1) is 0 Å². The van der Waals surface area contributed by atoms with E-state index in [1.54, 1.807) is 6.92 Å². The van der Waals surface area contributed by atoms with Gasteiger partial charge in [0.25, 0.3) is 5.91 Å². The summed E-state index contributed by atoms with van der Waals surface area (Å²) in [6.07, 6.45) is 1.26. The van der Waals surface area contributed by atoms with Crippen molar-refractivity contribution in [3.63, 3.8) is 0 Å². The number of carboxylic acids is 1. The molecule has 21 heavy (non-hydrogen) atoms. The zero-order chi connectivity index (χ0) is 15.4. The van der Waals surface area contributed by atoms with Crippen LogP contribution < -0.4 is 5.32 Å². The zero-order valence-electron chi connectivity index (χ0n) is 11.7. The van der Waals surface area contributed by atoms with Gasteiger partial charge >= 0.3 is 5.97 Å². The molecule has 1 aromatic heterocycles. The SMILES string of the molecule is CC(NC(=O)c1coc(-c2ccccc2)n1)C(C)C(=O)O. The van der Waals surface area contributed by atoms with Crippen molar-refractivity contribution in [1.29, 1.82) is 0 Å². The van der Waals surface area contributed by atoms with Crippen LogP contribution in [0.3, 0.4) is 0 Å². The lowest BCUT2D eigenvalue weighted by molar-refractivity contribution is -0.141. The molecule has 0 bridgehead atoms. The van der Waals surface area contributed by atoms with Crippen LogP contribution in [0, 0.1) is 5.92 Å². The number of carbonyl (C=O) groups excluding carboxylic acids is 1. The van der Waals surface area contributed by atoms with Crippen LogP contribution >= 0.6 is 0 Å². The number of nitrogens with zero attached hydrogens (tertiary/aromatic N) is 1. The third kappa shape index (κ3) is 3.47. The summed E-state index contributed by atoms with van der Waals surface area (Å²) >= 11 is 0. The molecule has 2 rings (SSSR count). The number of carboxylic acid groups (broad SMARTS) is 1. The molecular weight excluding hydrogens is 272 g/mol. The maximum atomic E-state index is 12.0. The molecule has 0 fully saturated rings. The predicted octanol–water partition coefficient (Wildman–Crippen LogP) is 2.18. The molecule has 110 valence electrons. The van der Waals surface area contributed by atoms with Crippen molar-refractivity contribution in [2.75, 3.05) is 0 Å². The van der Waals surface area contributed by atoms with Crippen LogP contribution in [-0.4, -0.2) is 28.0 Å². The van der Waals surface area contributed by atoms with Crippen molar-refractivity contribution in [2.24, 2.45) is 5.92 Å². The van der Waals surface area contributed by atoms with E-state index in [1.807, 2.05) is 30.3 Å². The smallest absolute Gasteiger partial charge is 0.308 e. The highest BCUT2D eigenvalue weighted by Gasteiger charge is 2.23. The fourth-order valence-corrected chi connectivity index (χ4v) is 1.71. The highest BCUT2D eigenvalue weighted by atomic mass is 16.4. The molecule has 1 amide bonds. The molecule has 0 aliphatic heterocycles. The molecule has 0 saturated carbocycles. The lowest BCUT2D eigenvalue weighted by Crippen LogP contribution is -2.40. The normalized spacial score (nSPS) is 13.4. The fraction of sp³-hybridized carbons (Fsp3) is 0.267. The maximum Gasteiger partial charge on any atom is 0.308 e. The van der Waals surface area contributed by atoms with E-state index in [9.17, 15) is 9.59 Å². The first-order valence-electron chi connectivity index (χ1n) is 6.53. The first-order valence-corrected chi connectivity index (χ1v) is 6.53. The molecule has 1 heterocycles. The minimum atomic E-state index is -0.965. The summed E-state index contributed by atoms with van der Waals surface area (Å²) in [5, 5.41) is 11.5. The lowest BCUT2D eigenvalue weighted by atomic mass is 10.0. The number of aliphatic carboxylic acids is 1. The summed E-state index contributed by atoms with van der Waals surface area (Å²) in [4.78, 5) is 27.0. The number of amides is 1. The Morgan fingerprint density at radius 3 is 2.52 bits per heavy atom. The van der Waals surface area contributed by atoms with Crippen molar-refractivity contribution in [1.82, 2.24) is 10.3 Å². The Bertz CT molecular complexity index is 636. The number of nitrogens with one attached hydrogen (secondary N) is 1. The van der Waals surface area contributed by atoms with Gasteiger partial charge in [0, 0.05) is 11.6 Å². The minimum absolute atomic E-state index is 0.123. The van der Waals surface area contributed by atoms with Crippen LogP contribution in [0.25, 0.3) is 11.5 Å². The third-order valence-corrected chi connectivity index (χ3v) is 3.26. The fourth-order valence-electron chi connectivity index (χ4n) is 1.71. The largest absolute Gasteiger partial charge is 0.481 e. The number of carbonyl (C=O) groups is 2.